The van der Waals surface area contributed by atoms with Gasteiger partial charge in [-0.25, -0.2) is 0 Å². The Morgan fingerprint density at radius 1 is 1.46 bits per heavy atom. The molecular weight excluding hydrogens is 253 g/mol. The molecule has 0 N–H and O–H groups in total. The molecule has 4 heteroatoms. The molecule has 1 aromatic heterocycles. The van der Waals surface area contributed by atoms with Gasteiger partial charge in [-0.05, 0) is 22.0 Å². The largest absolute Gasteiger partial charge is 0.489 e. The second-order valence-corrected chi connectivity index (χ2v) is 4.68. The zero-order valence-electron chi connectivity index (χ0n) is 6.91. The summed E-state index contributed by atoms with van der Waals surface area (Å²) in [5.74, 6) is 0.808. The van der Waals surface area contributed by atoms with Gasteiger partial charge in [-0.1, -0.05) is 0 Å². The Kier molecular flexibility index (Phi) is 2.74. The molecule has 1 aliphatic carbocycles. The number of nitrogens with zero attached hydrogens (tertiary/aromatic N) is 1. The third-order valence-corrected chi connectivity index (χ3v) is 2.81. The fourth-order valence-corrected chi connectivity index (χ4v) is 1.99. The average Bonchev–Trinajstić information content (AvgIpc) is 2.01. The number of ether oxygens (including phenoxy) is 1. The van der Waals surface area contributed by atoms with Gasteiger partial charge in [-0.2, -0.15) is 0 Å². The summed E-state index contributed by atoms with van der Waals surface area (Å²) in [7, 11) is 0. The van der Waals surface area contributed by atoms with Gasteiger partial charge in [0, 0.05) is 28.9 Å². The highest BCUT2D eigenvalue weighted by Crippen LogP contribution is 2.30. The highest BCUT2D eigenvalue weighted by Gasteiger charge is 2.28. The fraction of sp³-hybridized carbons (Fsp3) is 0.444. The number of hydrogen-bond donors (Lipinski definition) is 0. The van der Waals surface area contributed by atoms with Crippen molar-refractivity contribution in [3.05, 3.63) is 22.9 Å². The molecule has 0 saturated heterocycles. The van der Waals surface area contributed by atoms with E-state index >= 15 is 0 Å². The van der Waals surface area contributed by atoms with Crippen molar-refractivity contribution in [2.24, 2.45) is 0 Å². The van der Waals surface area contributed by atoms with Crippen molar-refractivity contribution in [3.63, 3.8) is 0 Å². The molecule has 0 aromatic carbocycles. The first kappa shape index (κ1) is 9.28. The van der Waals surface area contributed by atoms with Gasteiger partial charge in [0.25, 0.3) is 0 Å². The van der Waals surface area contributed by atoms with E-state index in [9.17, 15) is 0 Å². The molecule has 70 valence electrons. The number of pyridine rings is 1. The van der Waals surface area contributed by atoms with Crippen LogP contribution >= 0.6 is 27.5 Å². The van der Waals surface area contributed by atoms with E-state index in [0.717, 1.165) is 23.1 Å². The summed E-state index contributed by atoms with van der Waals surface area (Å²) in [5.41, 5.74) is 0. The molecule has 0 spiro atoms. The molecule has 0 amide bonds. The van der Waals surface area contributed by atoms with Gasteiger partial charge in [0.1, 0.15) is 11.9 Å². The molecule has 0 aliphatic heterocycles. The van der Waals surface area contributed by atoms with E-state index in [0.29, 0.717) is 5.38 Å². The van der Waals surface area contributed by atoms with Crippen molar-refractivity contribution in [2.75, 3.05) is 0 Å². The Morgan fingerprint density at radius 2 is 2.23 bits per heavy atom. The predicted molar refractivity (Wildman–Crippen MR) is 55.2 cm³/mol. The summed E-state index contributed by atoms with van der Waals surface area (Å²) in [6, 6.07) is 1.91. The van der Waals surface area contributed by atoms with Crippen molar-refractivity contribution in [2.45, 2.75) is 24.3 Å². The third kappa shape index (κ3) is 2.35. The van der Waals surface area contributed by atoms with Crippen LogP contribution in [-0.2, 0) is 0 Å². The van der Waals surface area contributed by atoms with Gasteiger partial charge in [-0.15, -0.1) is 11.6 Å². The number of halogens is 2. The minimum atomic E-state index is 0.276. The lowest BCUT2D eigenvalue weighted by atomic mass is 9.95. The zero-order valence-corrected chi connectivity index (χ0v) is 9.25. The Hall–Kier alpha value is -0.280. The Bertz CT molecular complexity index is 301. The van der Waals surface area contributed by atoms with Crippen LogP contribution in [0.25, 0.3) is 0 Å². The first-order valence-electron chi connectivity index (χ1n) is 4.15. The minimum Gasteiger partial charge on any atom is -0.489 e. The lowest BCUT2D eigenvalue weighted by Crippen LogP contribution is -2.34. The normalized spacial score (nSPS) is 26.6. The fourth-order valence-electron chi connectivity index (χ4n) is 1.25. The standard InChI is InChI=1S/C9H9BrClNO/c10-6-1-9(5-12-4-6)13-8-2-7(11)3-8/h1,4-5,7-8H,2-3H2. The molecule has 2 nitrogen and oxygen atoms in total. The van der Waals surface area contributed by atoms with Crippen LogP contribution in [0.3, 0.4) is 0 Å². The van der Waals surface area contributed by atoms with Crippen LogP contribution < -0.4 is 4.74 Å². The van der Waals surface area contributed by atoms with Crippen molar-refractivity contribution >= 4 is 27.5 Å². The molecular formula is C9H9BrClNO. The van der Waals surface area contributed by atoms with E-state index in [2.05, 4.69) is 20.9 Å². The van der Waals surface area contributed by atoms with Crippen molar-refractivity contribution < 1.29 is 4.74 Å². The number of rotatable bonds is 2. The van der Waals surface area contributed by atoms with Crippen LogP contribution in [-0.4, -0.2) is 16.5 Å². The van der Waals surface area contributed by atoms with Crippen LogP contribution in [0.4, 0.5) is 0 Å². The topological polar surface area (TPSA) is 22.1 Å². The number of alkyl halides is 1. The monoisotopic (exact) mass is 261 g/mol. The van der Waals surface area contributed by atoms with Crippen LogP contribution in [0.15, 0.2) is 22.9 Å². The van der Waals surface area contributed by atoms with Crippen molar-refractivity contribution in [3.8, 4) is 5.75 Å². The van der Waals surface area contributed by atoms with Crippen molar-refractivity contribution in [1.29, 1.82) is 0 Å². The molecule has 0 bridgehead atoms. The molecule has 0 unspecified atom stereocenters. The predicted octanol–water partition coefficient (Wildman–Crippen LogP) is 2.99. The second kappa shape index (κ2) is 3.84. The van der Waals surface area contributed by atoms with Crippen molar-refractivity contribution in [1.82, 2.24) is 4.98 Å². The second-order valence-electron chi connectivity index (χ2n) is 3.15. The van der Waals surface area contributed by atoms with Gasteiger partial charge < -0.3 is 4.74 Å². The molecule has 13 heavy (non-hydrogen) atoms. The maximum Gasteiger partial charge on any atom is 0.139 e. The highest BCUT2D eigenvalue weighted by atomic mass is 79.9. The molecule has 1 fully saturated rings. The van der Waals surface area contributed by atoms with E-state index in [1.807, 2.05) is 6.07 Å². The van der Waals surface area contributed by atoms with Gasteiger partial charge in [0.05, 0.1) is 6.20 Å². The maximum atomic E-state index is 5.84. The third-order valence-electron chi connectivity index (χ3n) is 2.02. The van der Waals surface area contributed by atoms with E-state index < -0.39 is 0 Å². The van der Waals surface area contributed by atoms with E-state index in [1.54, 1.807) is 12.4 Å². The van der Waals surface area contributed by atoms with Crippen LogP contribution in [0, 0.1) is 0 Å². The smallest absolute Gasteiger partial charge is 0.139 e. The molecule has 0 radical (unpaired) electrons. The van der Waals surface area contributed by atoms with Gasteiger partial charge in [0.15, 0.2) is 0 Å². The summed E-state index contributed by atoms with van der Waals surface area (Å²) in [4.78, 5) is 4.01. The Morgan fingerprint density at radius 3 is 2.85 bits per heavy atom. The molecule has 0 atom stereocenters. The molecule has 1 aromatic rings. The summed E-state index contributed by atoms with van der Waals surface area (Å²) in [6.45, 7) is 0. The summed E-state index contributed by atoms with van der Waals surface area (Å²) < 4.78 is 6.56. The molecule has 1 heterocycles. The zero-order chi connectivity index (χ0) is 9.26. The van der Waals surface area contributed by atoms with E-state index in [-0.39, 0.29) is 6.10 Å². The van der Waals surface area contributed by atoms with Crippen LogP contribution in [0.5, 0.6) is 5.75 Å². The van der Waals surface area contributed by atoms with Gasteiger partial charge in [0.2, 0.25) is 0 Å². The SMILES string of the molecule is ClC1CC(Oc2cncc(Br)c2)C1. The Balaban J connectivity index is 1.94. The molecule has 1 aliphatic rings. The van der Waals surface area contributed by atoms with Gasteiger partial charge in [-0.3, -0.25) is 4.98 Å². The van der Waals surface area contributed by atoms with Gasteiger partial charge >= 0.3 is 0 Å². The quantitative estimate of drug-likeness (QED) is 0.765. The Labute approximate surface area is 90.4 Å². The summed E-state index contributed by atoms with van der Waals surface area (Å²) in [5, 5.41) is 0.296. The van der Waals surface area contributed by atoms with E-state index in [1.165, 1.54) is 0 Å². The highest BCUT2D eigenvalue weighted by molar-refractivity contribution is 9.10. The minimum absolute atomic E-state index is 0.276. The number of aromatic nitrogens is 1. The lowest BCUT2D eigenvalue weighted by Gasteiger charge is -2.31. The van der Waals surface area contributed by atoms with E-state index in [4.69, 9.17) is 16.3 Å². The van der Waals surface area contributed by atoms with Crippen LogP contribution in [0.2, 0.25) is 0 Å². The molecule has 1 saturated carbocycles. The van der Waals surface area contributed by atoms with Crippen LogP contribution in [0.1, 0.15) is 12.8 Å². The summed E-state index contributed by atoms with van der Waals surface area (Å²) >= 11 is 9.17. The first-order chi connectivity index (χ1) is 6.24. The number of hydrogen-bond acceptors (Lipinski definition) is 2. The maximum absolute atomic E-state index is 5.84. The summed E-state index contributed by atoms with van der Waals surface area (Å²) in [6.07, 6.45) is 5.60. The molecule has 2 rings (SSSR count). The first-order valence-corrected chi connectivity index (χ1v) is 5.38. The average molecular weight is 263 g/mol. The lowest BCUT2D eigenvalue weighted by molar-refractivity contribution is 0.123.